The van der Waals surface area contributed by atoms with E-state index in [0.29, 0.717) is 18.1 Å². The summed E-state index contributed by atoms with van der Waals surface area (Å²) in [5.74, 6) is 0.630. The molecule has 1 aliphatic carbocycles. The summed E-state index contributed by atoms with van der Waals surface area (Å²) in [4.78, 5) is 0. The van der Waals surface area contributed by atoms with Gasteiger partial charge < -0.3 is 10.1 Å². The summed E-state index contributed by atoms with van der Waals surface area (Å²) in [6.45, 7) is 8.16. The van der Waals surface area contributed by atoms with Gasteiger partial charge in [0.2, 0.25) is 0 Å². The van der Waals surface area contributed by atoms with Crippen LogP contribution in [0.25, 0.3) is 0 Å². The van der Waals surface area contributed by atoms with E-state index >= 15 is 0 Å². The lowest BCUT2D eigenvalue weighted by Gasteiger charge is -2.37. The topological polar surface area (TPSA) is 21.3 Å². The van der Waals surface area contributed by atoms with Crippen LogP contribution in [0.1, 0.15) is 37.8 Å². The molecular formula is C15H23NO. The second kappa shape index (κ2) is 5.65. The summed E-state index contributed by atoms with van der Waals surface area (Å²) in [5.41, 5.74) is 3.01. The first-order valence-electron chi connectivity index (χ1n) is 6.65. The normalized spacial score (nSPS) is 19.9. The summed E-state index contributed by atoms with van der Waals surface area (Å²) in [6, 6.07) is 9.21. The number of rotatable bonds is 6. The van der Waals surface area contributed by atoms with Crippen LogP contribution in [0.4, 0.5) is 0 Å². The van der Waals surface area contributed by atoms with Crippen LogP contribution in [0.5, 0.6) is 0 Å². The van der Waals surface area contributed by atoms with Crippen molar-refractivity contribution in [1.29, 1.82) is 0 Å². The van der Waals surface area contributed by atoms with E-state index in [0.717, 1.165) is 13.2 Å². The summed E-state index contributed by atoms with van der Waals surface area (Å²) in [5, 5.41) is 3.56. The molecule has 0 saturated carbocycles. The van der Waals surface area contributed by atoms with Gasteiger partial charge >= 0.3 is 0 Å². The van der Waals surface area contributed by atoms with Gasteiger partial charge in [-0.1, -0.05) is 31.2 Å². The summed E-state index contributed by atoms with van der Waals surface area (Å²) < 4.78 is 5.77. The Hall–Kier alpha value is -0.860. The second-order valence-electron chi connectivity index (χ2n) is 5.06. The fourth-order valence-electron chi connectivity index (χ4n) is 2.53. The molecule has 1 N–H and O–H groups in total. The number of hydrogen-bond donors (Lipinski definition) is 1. The zero-order valence-corrected chi connectivity index (χ0v) is 11.1. The van der Waals surface area contributed by atoms with Crippen molar-refractivity contribution in [2.45, 2.75) is 45.3 Å². The Labute approximate surface area is 104 Å². The van der Waals surface area contributed by atoms with Crippen molar-refractivity contribution < 1.29 is 4.74 Å². The molecular weight excluding hydrogens is 210 g/mol. The minimum Gasteiger partial charge on any atom is -0.377 e. The summed E-state index contributed by atoms with van der Waals surface area (Å²) >= 11 is 0. The van der Waals surface area contributed by atoms with E-state index in [2.05, 4.69) is 50.4 Å². The molecule has 94 valence electrons. The maximum atomic E-state index is 5.77. The monoisotopic (exact) mass is 233 g/mol. The van der Waals surface area contributed by atoms with E-state index < -0.39 is 0 Å². The maximum Gasteiger partial charge on any atom is 0.0629 e. The Kier molecular flexibility index (Phi) is 4.19. The number of likely N-dealkylation sites (N-methyl/N-ethyl adjacent to an activating group) is 1. The number of hydrogen-bond acceptors (Lipinski definition) is 2. The SMILES string of the molecule is CCNC(COC(C)C)C1Cc2ccccc21. The third-order valence-electron chi connectivity index (χ3n) is 3.46. The zero-order chi connectivity index (χ0) is 12.3. The molecule has 0 fully saturated rings. The highest BCUT2D eigenvalue weighted by Gasteiger charge is 2.32. The van der Waals surface area contributed by atoms with E-state index in [1.807, 2.05) is 0 Å². The summed E-state index contributed by atoms with van der Waals surface area (Å²) in [7, 11) is 0. The predicted octanol–water partition coefficient (Wildman–Crippen LogP) is 2.73. The van der Waals surface area contributed by atoms with Gasteiger partial charge in [0.25, 0.3) is 0 Å². The minimum atomic E-state index is 0.312. The lowest BCUT2D eigenvalue weighted by atomic mass is 9.73. The average molecular weight is 233 g/mol. The molecule has 0 aliphatic heterocycles. The van der Waals surface area contributed by atoms with Crippen LogP contribution in [0, 0.1) is 0 Å². The Morgan fingerprint density at radius 3 is 2.76 bits per heavy atom. The standard InChI is InChI=1S/C15H23NO/c1-4-16-15(10-17-11(2)3)14-9-12-7-5-6-8-13(12)14/h5-8,11,14-16H,4,9-10H2,1-3H3. The first kappa shape index (κ1) is 12.6. The Bertz CT molecular complexity index is 362. The van der Waals surface area contributed by atoms with Crippen LogP contribution >= 0.6 is 0 Å². The molecule has 1 aromatic carbocycles. The minimum absolute atomic E-state index is 0.312. The number of nitrogens with one attached hydrogen (secondary N) is 1. The zero-order valence-electron chi connectivity index (χ0n) is 11.1. The van der Waals surface area contributed by atoms with Crippen LogP contribution in [0.2, 0.25) is 0 Å². The summed E-state index contributed by atoms with van der Waals surface area (Å²) in [6.07, 6.45) is 1.50. The molecule has 0 spiro atoms. The molecule has 17 heavy (non-hydrogen) atoms. The lowest BCUT2D eigenvalue weighted by molar-refractivity contribution is 0.0541. The lowest BCUT2D eigenvalue weighted by Crippen LogP contribution is -2.43. The predicted molar refractivity (Wildman–Crippen MR) is 71.4 cm³/mol. The fourth-order valence-corrected chi connectivity index (χ4v) is 2.53. The molecule has 2 rings (SSSR count). The average Bonchev–Trinajstić information content (AvgIpc) is 2.27. The van der Waals surface area contributed by atoms with E-state index in [-0.39, 0.29) is 0 Å². The smallest absolute Gasteiger partial charge is 0.0629 e. The van der Waals surface area contributed by atoms with Gasteiger partial charge in [0.15, 0.2) is 0 Å². The Morgan fingerprint density at radius 1 is 1.35 bits per heavy atom. The molecule has 0 heterocycles. The van der Waals surface area contributed by atoms with E-state index in [1.165, 1.54) is 17.5 Å². The maximum absolute atomic E-state index is 5.77. The van der Waals surface area contributed by atoms with Crippen molar-refractivity contribution in [2.24, 2.45) is 0 Å². The van der Waals surface area contributed by atoms with Gasteiger partial charge in [-0.3, -0.25) is 0 Å². The number of benzene rings is 1. The second-order valence-corrected chi connectivity index (χ2v) is 5.06. The van der Waals surface area contributed by atoms with E-state index in [4.69, 9.17) is 4.74 Å². The molecule has 2 heteroatoms. The van der Waals surface area contributed by atoms with Crippen LogP contribution in [0.15, 0.2) is 24.3 Å². The highest BCUT2D eigenvalue weighted by Crippen LogP contribution is 2.37. The van der Waals surface area contributed by atoms with Crippen molar-refractivity contribution in [3.63, 3.8) is 0 Å². The van der Waals surface area contributed by atoms with Crippen LogP contribution in [0.3, 0.4) is 0 Å². The van der Waals surface area contributed by atoms with E-state index in [9.17, 15) is 0 Å². The van der Waals surface area contributed by atoms with Crippen molar-refractivity contribution in [1.82, 2.24) is 5.32 Å². The Balaban J connectivity index is 1.99. The molecule has 0 aromatic heterocycles. The van der Waals surface area contributed by atoms with Gasteiger partial charge in [-0.15, -0.1) is 0 Å². The molecule has 2 unspecified atom stereocenters. The van der Waals surface area contributed by atoms with Gasteiger partial charge in [0.05, 0.1) is 12.7 Å². The van der Waals surface area contributed by atoms with Crippen LogP contribution < -0.4 is 5.32 Å². The number of ether oxygens (including phenoxy) is 1. The van der Waals surface area contributed by atoms with Crippen LogP contribution in [-0.2, 0) is 11.2 Å². The van der Waals surface area contributed by atoms with Crippen molar-refractivity contribution >= 4 is 0 Å². The molecule has 1 aromatic rings. The quantitative estimate of drug-likeness (QED) is 0.815. The first-order valence-corrected chi connectivity index (χ1v) is 6.65. The Morgan fingerprint density at radius 2 is 2.12 bits per heavy atom. The third-order valence-corrected chi connectivity index (χ3v) is 3.46. The van der Waals surface area contributed by atoms with Gasteiger partial charge in [-0.25, -0.2) is 0 Å². The van der Waals surface area contributed by atoms with Gasteiger partial charge in [-0.2, -0.15) is 0 Å². The molecule has 0 saturated heterocycles. The van der Waals surface area contributed by atoms with Gasteiger partial charge in [0.1, 0.15) is 0 Å². The van der Waals surface area contributed by atoms with Gasteiger partial charge in [-0.05, 0) is 37.9 Å². The van der Waals surface area contributed by atoms with Crippen molar-refractivity contribution in [3.8, 4) is 0 Å². The van der Waals surface area contributed by atoms with Gasteiger partial charge in [0, 0.05) is 12.0 Å². The molecule has 0 amide bonds. The van der Waals surface area contributed by atoms with E-state index in [1.54, 1.807) is 0 Å². The molecule has 2 atom stereocenters. The fraction of sp³-hybridized carbons (Fsp3) is 0.600. The largest absolute Gasteiger partial charge is 0.377 e. The van der Waals surface area contributed by atoms with Crippen LogP contribution in [-0.4, -0.2) is 25.3 Å². The molecule has 1 aliphatic rings. The molecule has 0 radical (unpaired) electrons. The molecule has 0 bridgehead atoms. The first-order chi connectivity index (χ1) is 8.22. The molecule has 2 nitrogen and oxygen atoms in total. The highest BCUT2D eigenvalue weighted by atomic mass is 16.5. The third kappa shape index (κ3) is 2.88. The number of fused-ring (bicyclic) bond motifs is 1. The highest BCUT2D eigenvalue weighted by molar-refractivity contribution is 5.41. The van der Waals surface area contributed by atoms with Crippen molar-refractivity contribution in [2.75, 3.05) is 13.2 Å². The van der Waals surface area contributed by atoms with Crippen molar-refractivity contribution in [3.05, 3.63) is 35.4 Å².